The first-order chi connectivity index (χ1) is 15.7. The van der Waals surface area contributed by atoms with Gasteiger partial charge in [-0.25, -0.2) is 4.79 Å². The summed E-state index contributed by atoms with van der Waals surface area (Å²) in [6, 6.07) is 2.87. The van der Waals surface area contributed by atoms with Gasteiger partial charge < -0.3 is 24.8 Å². The highest BCUT2D eigenvalue weighted by Crippen LogP contribution is 2.31. The van der Waals surface area contributed by atoms with Crippen molar-refractivity contribution in [3.05, 3.63) is 62.6 Å². The lowest BCUT2D eigenvalue weighted by Gasteiger charge is -2.28. The van der Waals surface area contributed by atoms with Crippen molar-refractivity contribution in [2.45, 2.75) is 52.6 Å². The Labute approximate surface area is 193 Å². The number of aromatic hydroxyl groups is 1. The van der Waals surface area contributed by atoms with E-state index in [1.54, 1.807) is 20.8 Å². The molecular formula is C23H25F3N2O6. The molecule has 3 rings (SSSR count). The van der Waals surface area contributed by atoms with Crippen LogP contribution in [0.3, 0.4) is 0 Å². The van der Waals surface area contributed by atoms with Gasteiger partial charge in [0.15, 0.2) is 0 Å². The fourth-order valence-electron chi connectivity index (χ4n) is 3.79. The highest BCUT2D eigenvalue weighted by molar-refractivity contribution is 5.99. The molecule has 1 aliphatic rings. The third kappa shape index (κ3) is 5.09. The van der Waals surface area contributed by atoms with Gasteiger partial charge in [0.2, 0.25) is 0 Å². The zero-order valence-corrected chi connectivity index (χ0v) is 18.8. The molecule has 0 aliphatic carbocycles. The average Bonchev–Trinajstić information content (AvgIpc) is 2.74. The largest absolute Gasteiger partial charge is 0.507 e. The summed E-state index contributed by atoms with van der Waals surface area (Å²) >= 11 is 0. The maximum absolute atomic E-state index is 13.3. The predicted octanol–water partition coefficient (Wildman–Crippen LogP) is 2.92. The van der Waals surface area contributed by atoms with Gasteiger partial charge in [-0.15, -0.1) is 0 Å². The van der Waals surface area contributed by atoms with Crippen molar-refractivity contribution in [1.82, 2.24) is 9.88 Å². The minimum atomic E-state index is -4.51. The van der Waals surface area contributed by atoms with Gasteiger partial charge in [-0.05, 0) is 23.1 Å². The fourth-order valence-corrected chi connectivity index (χ4v) is 3.79. The van der Waals surface area contributed by atoms with E-state index in [0.717, 1.165) is 12.1 Å². The van der Waals surface area contributed by atoms with Gasteiger partial charge in [0.25, 0.3) is 11.5 Å². The molecule has 0 saturated carbocycles. The summed E-state index contributed by atoms with van der Waals surface area (Å²) in [6.07, 6.45) is -4.32. The second-order valence-corrected chi connectivity index (χ2v) is 9.15. The number of fused-ring (bicyclic) bond motifs is 1. The van der Waals surface area contributed by atoms with E-state index in [9.17, 15) is 37.8 Å². The Morgan fingerprint density at radius 2 is 1.79 bits per heavy atom. The molecule has 3 N–H and O–H groups in total. The number of hydrogen-bond donors (Lipinski definition) is 3. The molecule has 0 saturated heterocycles. The number of aliphatic carboxylic acids is 1. The molecular weight excluding hydrogens is 457 g/mol. The van der Waals surface area contributed by atoms with E-state index >= 15 is 0 Å². The number of carbonyl (C=O) groups is 2. The highest BCUT2D eigenvalue weighted by atomic mass is 19.4. The summed E-state index contributed by atoms with van der Waals surface area (Å²) in [7, 11) is 0. The van der Waals surface area contributed by atoms with E-state index in [-0.39, 0.29) is 26.2 Å². The van der Waals surface area contributed by atoms with E-state index in [2.05, 4.69) is 5.32 Å². The summed E-state index contributed by atoms with van der Waals surface area (Å²) in [5.74, 6) is -2.92. The van der Waals surface area contributed by atoms with Crippen LogP contribution >= 0.6 is 0 Å². The molecule has 1 aromatic heterocycles. The van der Waals surface area contributed by atoms with Crippen molar-refractivity contribution in [2.75, 3.05) is 6.61 Å². The van der Waals surface area contributed by atoms with Gasteiger partial charge in [-0.3, -0.25) is 9.59 Å². The third-order valence-electron chi connectivity index (χ3n) is 5.63. The number of pyridine rings is 1. The smallest absolute Gasteiger partial charge is 0.416 e. The Kier molecular flexibility index (Phi) is 6.79. The number of rotatable bonds is 5. The molecule has 1 aromatic carbocycles. The highest BCUT2D eigenvalue weighted by Gasteiger charge is 2.35. The van der Waals surface area contributed by atoms with Crippen molar-refractivity contribution in [1.29, 1.82) is 0 Å². The molecule has 11 heteroatoms. The number of carboxylic acid groups (broad SMARTS) is 1. The lowest BCUT2D eigenvalue weighted by molar-refractivity contribution is -0.142. The van der Waals surface area contributed by atoms with Gasteiger partial charge in [0.1, 0.15) is 17.4 Å². The fraction of sp³-hybridized carbons (Fsp3) is 0.435. The number of ether oxygens (including phenoxy) is 1. The van der Waals surface area contributed by atoms with E-state index in [0.29, 0.717) is 16.8 Å². The molecule has 34 heavy (non-hydrogen) atoms. The molecule has 0 fully saturated rings. The van der Waals surface area contributed by atoms with Crippen molar-refractivity contribution in [3.63, 3.8) is 0 Å². The summed E-state index contributed by atoms with van der Waals surface area (Å²) < 4.78 is 45.2. The molecule has 1 atom stereocenters. The monoisotopic (exact) mass is 482 g/mol. The van der Waals surface area contributed by atoms with Crippen LogP contribution in [0.5, 0.6) is 5.75 Å². The van der Waals surface area contributed by atoms with E-state index < -0.39 is 51.9 Å². The maximum atomic E-state index is 13.3. The van der Waals surface area contributed by atoms with Crippen LogP contribution in [0.1, 0.15) is 53.5 Å². The van der Waals surface area contributed by atoms with Crippen LogP contribution in [0.15, 0.2) is 29.1 Å². The number of nitrogens with one attached hydrogen (secondary N) is 1. The van der Waals surface area contributed by atoms with Gasteiger partial charge in [-0.2, -0.15) is 13.2 Å². The maximum Gasteiger partial charge on any atom is 0.416 e. The molecule has 0 bridgehead atoms. The Morgan fingerprint density at radius 3 is 2.32 bits per heavy atom. The molecule has 1 unspecified atom stereocenters. The van der Waals surface area contributed by atoms with Crippen LogP contribution in [0, 0.1) is 5.41 Å². The van der Waals surface area contributed by atoms with Crippen LogP contribution in [0.4, 0.5) is 13.2 Å². The quantitative estimate of drug-likeness (QED) is 0.603. The van der Waals surface area contributed by atoms with Crippen LogP contribution < -0.4 is 10.9 Å². The number of benzene rings is 1. The first-order valence-corrected chi connectivity index (χ1v) is 10.5. The topological polar surface area (TPSA) is 118 Å². The minimum Gasteiger partial charge on any atom is -0.507 e. The van der Waals surface area contributed by atoms with Gasteiger partial charge in [0.05, 0.1) is 31.0 Å². The summed E-state index contributed by atoms with van der Waals surface area (Å²) in [5.41, 5.74) is -2.31. The number of alkyl halides is 3. The summed E-state index contributed by atoms with van der Waals surface area (Å²) in [5, 5.41) is 22.6. The number of carboxylic acids is 1. The molecule has 184 valence electrons. The Bertz CT molecular complexity index is 1160. The van der Waals surface area contributed by atoms with Crippen LogP contribution in [-0.2, 0) is 35.3 Å². The van der Waals surface area contributed by atoms with Crippen molar-refractivity contribution >= 4 is 11.9 Å². The third-order valence-corrected chi connectivity index (χ3v) is 5.63. The molecule has 1 amide bonds. The van der Waals surface area contributed by atoms with E-state index in [1.807, 2.05) is 0 Å². The number of hydrogen-bond acceptors (Lipinski definition) is 5. The molecule has 0 spiro atoms. The Hall–Kier alpha value is -3.34. The summed E-state index contributed by atoms with van der Waals surface area (Å²) in [4.78, 5) is 37.9. The van der Waals surface area contributed by atoms with Crippen molar-refractivity contribution in [2.24, 2.45) is 5.41 Å². The van der Waals surface area contributed by atoms with Crippen molar-refractivity contribution in [3.8, 4) is 5.75 Å². The lowest BCUT2D eigenvalue weighted by atomic mass is 9.86. The molecule has 2 aromatic rings. The second kappa shape index (κ2) is 9.13. The number of nitrogens with zero attached hydrogens (tertiary/aromatic N) is 1. The molecule has 0 radical (unpaired) electrons. The van der Waals surface area contributed by atoms with Gasteiger partial charge >= 0.3 is 12.1 Å². The molecule has 8 nitrogen and oxygen atoms in total. The number of amides is 1. The average molecular weight is 482 g/mol. The Morgan fingerprint density at radius 1 is 1.18 bits per heavy atom. The number of carbonyl (C=O) groups excluding carboxylic acids is 1. The molecule has 2 heterocycles. The second-order valence-electron chi connectivity index (χ2n) is 9.15. The lowest BCUT2D eigenvalue weighted by Crippen LogP contribution is -2.50. The zero-order chi connectivity index (χ0) is 25.4. The van der Waals surface area contributed by atoms with E-state index in [4.69, 9.17) is 4.74 Å². The zero-order valence-electron chi connectivity index (χ0n) is 18.8. The van der Waals surface area contributed by atoms with Gasteiger partial charge in [0, 0.05) is 12.0 Å². The van der Waals surface area contributed by atoms with Crippen molar-refractivity contribution < 1.29 is 37.7 Å². The number of aromatic nitrogens is 1. The Balaban J connectivity index is 2.07. The first kappa shape index (κ1) is 25.3. The van der Waals surface area contributed by atoms with E-state index in [1.165, 1.54) is 16.7 Å². The minimum absolute atomic E-state index is 0.0413. The predicted molar refractivity (Wildman–Crippen MR) is 115 cm³/mol. The van der Waals surface area contributed by atoms with Gasteiger partial charge in [-0.1, -0.05) is 32.9 Å². The standard InChI is InChI=1S/C23H25F3N2O6/c1-22(2,3)18(21(32)33)27-19(30)16-17(29)14-8-9-34-11-15(14)28(20(16)31)10-12-4-6-13(7-5-12)23(24,25)26/h4-7,18,29H,8-11H2,1-3H3,(H,27,30)(H,32,33). The van der Waals surface area contributed by atoms with Crippen LogP contribution in [0.2, 0.25) is 0 Å². The van der Waals surface area contributed by atoms with Crippen LogP contribution in [0.25, 0.3) is 0 Å². The SMILES string of the molecule is CC(C)(C)C(NC(=O)c1c(O)c2c(n(Cc3ccc(C(F)(F)F)cc3)c1=O)COCC2)C(=O)O. The first-order valence-electron chi connectivity index (χ1n) is 10.5. The summed E-state index contributed by atoms with van der Waals surface area (Å²) in [6.45, 7) is 4.79. The molecule has 1 aliphatic heterocycles. The normalized spacial score (nSPS) is 14.9. The van der Waals surface area contributed by atoms with Crippen LogP contribution in [-0.4, -0.2) is 39.3 Å². The number of halogens is 3.